The molecule has 0 saturated heterocycles. The van der Waals surface area contributed by atoms with Gasteiger partial charge in [-0.15, -0.1) is 0 Å². The van der Waals surface area contributed by atoms with E-state index in [9.17, 15) is 0 Å². The summed E-state index contributed by atoms with van der Waals surface area (Å²) in [6.07, 6.45) is -0.0449. The van der Waals surface area contributed by atoms with Gasteiger partial charge in [0.1, 0.15) is 10.8 Å². The maximum absolute atomic E-state index is 5.66. The molecule has 1 atom stereocenters. The molecule has 0 aliphatic heterocycles. The summed E-state index contributed by atoms with van der Waals surface area (Å²) in [5.74, 6) is 0.681. The Kier molecular flexibility index (Phi) is 5.97. The van der Waals surface area contributed by atoms with E-state index in [2.05, 4.69) is 10.3 Å². The van der Waals surface area contributed by atoms with Crippen molar-refractivity contribution >= 4 is 23.0 Å². The van der Waals surface area contributed by atoms with Gasteiger partial charge in [-0.3, -0.25) is 0 Å². The predicted molar refractivity (Wildman–Crippen MR) is 76.0 cm³/mol. The van der Waals surface area contributed by atoms with Crippen LogP contribution in [0.25, 0.3) is 0 Å². The number of pyridine rings is 1. The van der Waals surface area contributed by atoms with Gasteiger partial charge in [-0.2, -0.15) is 0 Å². The third-order valence-corrected chi connectivity index (χ3v) is 2.70. The minimum Gasteiger partial charge on any atom is -0.389 e. The summed E-state index contributed by atoms with van der Waals surface area (Å²) in [5.41, 5.74) is 7.30. The van der Waals surface area contributed by atoms with Gasteiger partial charge in [0.05, 0.1) is 18.3 Å². The Morgan fingerprint density at radius 3 is 2.78 bits per heavy atom. The van der Waals surface area contributed by atoms with Crippen LogP contribution in [0.5, 0.6) is 0 Å². The van der Waals surface area contributed by atoms with Crippen LogP contribution >= 0.6 is 12.2 Å². The number of thiocarbonyl (C=S) groups is 1. The molecule has 0 fully saturated rings. The van der Waals surface area contributed by atoms with E-state index in [1.54, 1.807) is 14.2 Å². The van der Waals surface area contributed by atoms with Crippen molar-refractivity contribution in [2.45, 2.75) is 13.0 Å². The minimum atomic E-state index is -0.0449. The average molecular weight is 269 g/mol. The van der Waals surface area contributed by atoms with Crippen molar-refractivity contribution in [2.24, 2.45) is 5.73 Å². The fraction of sp³-hybridized carbons (Fsp3) is 0.500. The maximum Gasteiger partial charge on any atom is 0.136 e. The van der Waals surface area contributed by atoms with Gasteiger partial charge in [-0.25, -0.2) is 4.98 Å². The average Bonchev–Trinajstić information content (AvgIpc) is 2.34. The fourth-order valence-electron chi connectivity index (χ4n) is 1.50. The van der Waals surface area contributed by atoms with Crippen LogP contribution < -0.4 is 11.1 Å². The number of hydrogen-bond donors (Lipinski definition) is 2. The van der Waals surface area contributed by atoms with Crippen molar-refractivity contribution < 1.29 is 9.47 Å². The van der Waals surface area contributed by atoms with Crippen molar-refractivity contribution in [2.75, 3.05) is 32.7 Å². The first kappa shape index (κ1) is 14.8. The second-order valence-electron chi connectivity index (χ2n) is 3.91. The predicted octanol–water partition coefficient (Wildman–Crippen LogP) is 1.10. The lowest BCUT2D eigenvalue weighted by atomic mass is 10.2. The molecule has 5 nitrogen and oxygen atoms in total. The zero-order chi connectivity index (χ0) is 13.5. The molecule has 0 spiro atoms. The van der Waals surface area contributed by atoms with E-state index in [1.165, 1.54) is 0 Å². The number of aryl methyl sites for hydroxylation is 1. The molecule has 18 heavy (non-hydrogen) atoms. The van der Waals surface area contributed by atoms with Crippen LogP contribution in [-0.2, 0) is 9.47 Å². The minimum absolute atomic E-state index is 0.0449. The molecule has 3 N–H and O–H groups in total. The molecule has 100 valence electrons. The molecule has 0 aromatic carbocycles. The highest BCUT2D eigenvalue weighted by Crippen LogP contribution is 2.13. The molecule has 6 heteroatoms. The molecule has 0 amide bonds. The number of nitrogens with zero attached hydrogens (tertiary/aromatic N) is 1. The fourth-order valence-corrected chi connectivity index (χ4v) is 1.66. The topological polar surface area (TPSA) is 69.4 Å². The molecule has 0 saturated carbocycles. The van der Waals surface area contributed by atoms with Gasteiger partial charge < -0.3 is 20.5 Å². The van der Waals surface area contributed by atoms with Gasteiger partial charge in [0.15, 0.2) is 0 Å². The maximum atomic E-state index is 5.66. The zero-order valence-corrected chi connectivity index (χ0v) is 11.7. The van der Waals surface area contributed by atoms with Gasteiger partial charge in [0.25, 0.3) is 0 Å². The number of nitrogens with one attached hydrogen (secondary N) is 1. The second kappa shape index (κ2) is 7.25. The van der Waals surface area contributed by atoms with E-state index in [4.69, 9.17) is 27.4 Å². The van der Waals surface area contributed by atoms with Gasteiger partial charge in [-0.05, 0) is 19.1 Å². The molecular formula is C12H19N3O2S. The summed E-state index contributed by atoms with van der Waals surface area (Å²) < 4.78 is 10.3. The van der Waals surface area contributed by atoms with Gasteiger partial charge in [-0.1, -0.05) is 12.2 Å². The number of anilines is 1. The van der Waals surface area contributed by atoms with E-state index in [0.29, 0.717) is 24.0 Å². The summed E-state index contributed by atoms with van der Waals surface area (Å²) in [7, 11) is 3.28. The first-order valence-electron chi connectivity index (χ1n) is 5.61. The van der Waals surface area contributed by atoms with E-state index in [1.807, 2.05) is 19.1 Å². The summed E-state index contributed by atoms with van der Waals surface area (Å²) in [4.78, 5) is 4.71. The molecule has 1 rings (SSSR count). The van der Waals surface area contributed by atoms with E-state index in [0.717, 1.165) is 11.3 Å². The van der Waals surface area contributed by atoms with E-state index in [-0.39, 0.29) is 6.10 Å². The van der Waals surface area contributed by atoms with Crippen molar-refractivity contribution in [1.29, 1.82) is 0 Å². The smallest absolute Gasteiger partial charge is 0.136 e. The molecule has 1 aromatic rings. The van der Waals surface area contributed by atoms with Crippen LogP contribution in [0, 0.1) is 6.92 Å². The summed E-state index contributed by atoms with van der Waals surface area (Å²) in [6, 6.07) is 3.74. The van der Waals surface area contributed by atoms with Gasteiger partial charge in [0, 0.05) is 26.5 Å². The Morgan fingerprint density at radius 2 is 2.22 bits per heavy atom. The Hall–Kier alpha value is -1.24. The number of aromatic nitrogens is 1. The molecule has 0 aliphatic rings. The van der Waals surface area contributed by atoms with Crippen LogP contribution in [0.4, 0.5) is 5.82 Å². The van der Waals surface area contributed by atoms with E-state index >= 15 is 0 Å². The number of hydrogen-bond acceptors (Lipinski definition) is 5. The first-order valence-corrected chi connectivity index (χ1v) is 6.02. The van der Waals surface area contributed by atoms with Crippen LogP contribution in [-0.4, -0.2) is 43.4 Å². The summed E-state index contributed by atoms with van der Waals surface area (Å²) in [5, 5.41) is 3.19. The standard InChI is InChI=1S/C12H19N3O2S/c1-8-4-5-10(11(13)18)12(15-8)14-6-9(17-3)7-16-2/h4-5,9H,6-7H2,1-3H3,(H2,13,18)(H,14,15). The molecule has 1 aromatic heterocycles. The van der Waals surface area contributed by atoms with Gasteiger partial charge in [0.2, 0.25) is 0 Å². The largest absolute Gasteiger partial charge is 0.389 e. The molecule has 1 unspecified atom stereocenters. The highest BCUT2D eigenvalue weighted by Gasteiger charge is 2.11. The highest BCUT2D eigenvalue weighted by molar-refractivity contribution is 7.80. The zero-order valence-electron chi connectivity index (χ0n) is 10.9. The molecule has 0 aliphatic carbocycles. The number of rotatable bonds is 7. The van der Waals surface area contributed by atoms with Crippen LogP contribution in [0.2, 0.25) is 0 Å². The third kappa shape index (κ3) is 4.21. The van der Waals surface area contributed by atoms with Crippen molar-refractivity contribution in [3.63, 3.8) is 0 Å². The SMILES string of the molecule is COCC(CNc1nc(C)ccc1C(N)=S)OC. The Bertz CT molecular complexity index is 412. The number of methoxy groups -OCH3 is 2. The van der Waals surface area contributed by atoms with Crippen molar-refractivity contribution in [3.05, 3.63) is 23.4 Å². The van der Waals surface area contributed by atoms with Crippen molar-refractivity contribution in [1.82, 2.24) is 4.98 Å². The summed E-state index contributed by atoms with van der Waals surface area (Å²) in [6.45, 7) is 3.01. The Morgan fingerprint density at radius 1 is 1.50 bits per heavy atom. The Labute approximate surface area is 113 Å². The van der Waals surface area contributed by atoms with Crippen molar-refractivity contribution in [3.8, 4) is 0 Å². The monoisotopic (exact) mass is 269 g/mol. The lowest BCUT2D eigenvalue weighted by molar-refractivity contribution is 0.0365. The lowest BCUT2D eigenvalue weighted by Crippen LogP contribution is -2.28. The normalized spacial score (nSPS) is 12.2. The lowest BCUT2D eigenvalue weighted by Gasteiger charge is -2.17. The molecule has 1 heterocycles. The number of ether oxygens (including phenoxy) is 2. The molecule has 0 bridgehead atoms. The van der Waals surface area contributed by atoms with Crippen LogP contribution in [0.15, 0.2) is 12.1 Å². The highest BCUT2D eigenvalue weighted by atomic mass is 32.1. The van der Waals surface area contributed by atoms with E-state index < -0.39 is 0 Å². The number of nitrogens with two attached hydrogens (primary N) is 1. The van der Waals surface area contributed by atoms with Gasteiger partial charge >= 0.3 is 0 Å². The van der Waals surface area contributed by atoms with Crippen LogP contribution in [0.3, 0.4) is 0 Å². The quantitative estimate of drug-likeness (QED) is 0.722. The molecular weight excluding hydrogens is 250 g/mol. The first-order chi connectivity index (χ1) is 8.58. The van der Waals surface area contributed by atoms with Crippen LogP contribution in [0.1, 0.15) is 11.3 Å². The molecule has 0 radical (unpaired) electrons. The Balaban J connectivity index is 2.76. The summed E-state index contributed by atoms with van der Waals surface area (Å²) >= 11 is 4.99. The third-order valence-electron chi connectivity index (χ3n) is 2.48. The second-order valence-corrected chi connectivity index (χ2v) is 4.35.